The van der Waals surface area contributed by atoms with Crippen molar-refractivity contribution >= 4 is 31.0 Å². The molecule has 0 saturated heterocycles. The Labute approximate surface area is 141 Å². The second-order valence-corrected chi connectivity index (χ2v) is 7.75. The molecule has 0 aliphatic rings. The molecule has 0 saturated carbocycles. The fourth-order valence-corrected chi connectivity index (χ4v) is 2.93. The van der Waals surface area contributed by atoms with Crippen molar-refractivity contribution in [3.05, 3.63) is 23.9 Å². The van der Waals surface area contributed by atoms with Crippen LogP contribution in [0.2, 0.25) is 0 Å². The van der Waals surface area contributed by atoms with Crippen LogP contribution in [0, 0.1) is 12.3 Å². The van der Waals surface area contributed by atoms with Gasteiger partial charge in [-0.15, -0.1) is 15.6 Å². The number of hydrogen-bond acceptors (Lipinski definition) is 6. The van der Waals surface area contributed by atoms with Crippen LogP contribution in [0.1, 0.15) is 5.69 Å². The van der Waals surface area contributed by atoms with E-state index in [-0.39, 0.29) is 5.39 Å². The molecule has 0 atom stereocenters. The number of fused-ring (bicyclic) bond motifs is 1. The van der Waals surface area contributed by atoms with Crippen LogP contribution in [0.25, 0.3) is 10.9 Å². The molecule has 0 bridgehead atoms. The highest BCUT2D eigenvalue weighted by molar-refractivity contribution is 7.90. The molecule has 1 heterocycles. The van der Waals surface area contributed by atoms with E-state index in [1.807, 2.05) is 0 Å². The topological polar surface area (TPSA) is 95.3 Å². The Balaban J connectivity index is 2.73. The predicted octanol–water partition coefficient (Wildman–Crippen LogP) is 1.94. The Hall–Kier alpha value is -2.47. The van der Waals surface area contributed by atoms with E-state index in [4.69, 9.17) is 6.42 Å². The van der Waals surface area contributed by atoms with Crippen molar-refractivity contribution in [3.63, 3.8) is 0 Å². The molecule has 0 spiro atoms. The SMILES string of the molecule is C#Cc1nn(S(=O)(=O)C(F)(F)F)c2cc(OS(=O)(=O)C(F)(F)F)ccc12. The van der Waals surface area contributed by atoms with Crippen molar-refractivity contribution in [2.45, 2.75) is 11.0 Å². The Bertz CT molecular complexity index is 1120. The summed E-state index contributed by atoms with van der Waals surface area (Å²) in [4.78, 5) is 0. The zero-order chi connectivity index (χ0) is 20.1. The summed E-state index contributed by atoms with van der Waals surface area (Å²) in [5.41, 5.74) is -13.1. The Morgan fingerprint density at radius 2 is 1.62 bits per heavy atom. The van der Waals surface area contributed by atoms with Gasteiger partial charge in [0.1, 0.15) is 11.4 Å². The van der Waals surface area contributed by atoms with Gasteiger partial charge in [0.2, 0.25) is 0 Å². The zero-order valence-electron chi connectivity index (χ0n) is 11.8. The average molecular weight is 422 g/mol. The quantitative estimate of drug-likeness (QED) is 0.325. The van der Waals surface area contributed by atoms with E-state index in [0.29, 0.717) is 12.1 Å². The van der Waals surface area contributed by atoms with Gasteiger partial charge < -0.3 is 4.18 Å². The number of rotatable bonds is 3. The second-order valence-electron chi connectivity index (χ2n) is 4.45. The highest BCUT2D eigenvalue weighted by atomic mass is 32.2. The standard InChI is InChI=1S/C11H4F6N2O5S2/c1-2-8-7-4-3-6(24-26(22,23)11(15,16)17)5-9(7)19(18-8)25(20,21)10(12,13)14/h1,3-5H. The van der Waals surface area contributed by atoms with Gasteiger partial charge in [0.15, 0.2) is 0 Å². The number of halogens is 6. The van der Waals surface area contributed by atoms with Gasteiger partial charge in [0.25, 0.3) is 0 Å². The minimum absolute atomic E-state index is 0.315. The van der Waals surface area contributed by atoms with Gasteiger partial charge in [-0.25, -0.2) is 0 Å². The Morgan fingerprint density at radius 3 is 2.08 bits per heavy atom. The number of terminal acetylenes is 1. The van der Waals surface area contributed by atoms with Crippen molar-refractivity contribution in [3.8, 4) is 18.1 Å². The lowest BCUT2D eigenvalue weighted by Crippen LogP contribution is -2.30. The van der Waals surface area contributed by atoms with Gasteiger partial charge in [-0.1, -0.05) is 0 Å². The second kappa shape index (κ2) is 5.77. The lowest BCUT2D eigenvalue weighted by atomic mass is 10.2. The van der Waals surface area contributed by atoms with Gasteiger partial charge in [0.05, 0.1) is 5.52 Å². The maximum absolute atomic E-state index is 12.7. The van der Waals surface area contributed by atoms with Gasteiger partial charge in [-0.2, -0.15) is 43.2 Å². The maximum Gasteiger partial charge on any atom is 0.534 e. The number of nitrogens with zero attached hydrogens (tertiary/aromatic N) is 2. The van der Waals surface area contributed by atoms with E-state index in [0.717, 1.165) is 6.07 Å². The molecular weight excluding hydrogens is 418 g/mol. The molecule has 2 rings (SSSR count). The average Bonchev–Trinajstić information content (AvgIpc) is 2.82. The van der Waals surface area contributed by atoms with E-state index >= 15 is 0 Å². The van der Waals surface area contributed by atoms with Crippen LogP contribution < -0.4 is 4.18 Å². The molecule has 142 valence electrons. The van der Waals surface area contributed by atoms with Crippen LogP contribution in [0.15, 0.2) is 18.2 Å². The van der Waals surface area contributed by atoms with Gasteiger partial charge in [0, 0.05) is 11.5 Å². The summed E-state index contributed by atoms with van der Waals surface area (Å²) in [7, 11) is -12.2. The molecule has 0 unspecified atom stereocenters. The Kier molecular flexibility index (Phi) is 4.41. The summed E-state index contributed by atoms with van der Waals surface area (Å²) < 4.78 is 123. The molecule has 1 aromatic carbocycles. The molecule has 0 aliphatic carbocycles. The molecule has 0 radical (unpaired) electrons. The number of hydrogen-bond donors (Lipinski definition) is 0. The summed E-state index contributed by atoms with van der Waals surface area (Å²) in [6, 6.07) is 1.72. The molecule has 26 heavy (non-hydrogen) atoms. The summed E-state index contributed by atoms with van der Waals surface area (Å²) >= 11 is 0. The third-order valence-electron chi connectivity index (χ3n) is 2.77. The monoisotopic (exact) mass is 422 g/mol. The van der Waals surface area contributed by atoms with E-state index in [2.05, 4.69) is 9.28 Å². The largest absolute Gasteiger partial charge is 0.534 e. The first-order valence-electron chi connectivity index (χ1n) is 5.94. The maximum atomic E-state index is 12.7. The van der Waals surface area contributed by atoms with E-state index in [1.54, 1.807) is 5.92 Å². The van der Waals surface area contributed by atoms with E-state index in [9.17, 15) is 43.2 Å². The smallest absolute Gasteiger partial charge is 0.376 e. The molecule has 0 N–H and O–H groups in total. The lowest BCUT2D eigenvalue weighted by Gasteiger charge is -2.11. The van der Waals surface area contributed by atoms with E-state index < -0.39 is 52.2 Å². The van der Waals surface area contributed by atoms with Crippen molar-refractivity contribution in [2.75, 3.05) is 0 Å². The third-order valence-corrected chi connectivity index (χ3v) is 5.06. The molecule has 0 aliphatic heterocycles. The summed E-state index contributed by atoms with van der Waals surface area (Å²) in [6.07, 6.45) is 5.00. The highest BCUT2D eigenvalue weighted by Gasteiger charge is 2.50. The number of benzene rings is 1. The predicted molar refractivity (Wildman–Crippen MR) is 73.6 cm³/mol. The molecular formula is C11H4F6N2O5S2. The normalized spacial score (nSPS) is 13.6. The van der Waals surface area contributed by atoms with Crippen LogP contribution >= 0.6 is 0 Å². The lowest BCUT2D eigenvalue weighted by molar-refractivity contribution is -0.0500. The van der Waals surface area contributed by atoms with Crippen LogP contribution in [-0.2, 0) is 20.1 Å². The molecule has 2 aromatic rings. The fourth-order valence-electron chi connectivity index (χ4n) is 1.68. The zero-order valence-corrected chi connectivity index (χ0v) is 13.5. The van der Waals surface area contributed by atoms with Crippen molar-refractivity contribution < 1.29 is 47.4 Å². The Morgan fingerprint density at radius 1 is 1.04 bits per heavy atom. The van der Waals surface area contributed by atoms with Crippen LogP contribution in [0.4, 0.5) is 26.3 Å². The first-order valence-corrected chi connectivity index (χ1v) is 8.78. The van der Waals surface area contributed by atoms with Gasteiger partial charge >= 0.3 is 31.2 Å². The van der Waals surface area contributed by atoms with E-state index in [1.165, 1.54) is 0 Å². The van der Waals surface area contributed by atoms with Gasteiger partial charge in [-0.05, 0) is 18.1 Å². The van der Waals surface area contributed by atoms with Crippen LogP contribution in [0.5, 0.6) is 5.75 Å². The van der Waals surface area contributed by atoms with Crippen LogP contribution in [-0.4, -0.2) is 37.0 Å². The molecule has 15 heteroatoms. The first kappa shape index (κ1) is 19.8. The molecule has 0 amide bonds. The summed E-state index contributed by atoms with van der Waals surface area (Å²) in [5.74, 6) is 0.703. The summed E-state index contributed by atoms with van der Waals surface area (Å²) in [6.45, 7) is 0. The highest BCUT2D eigenvalue weighted by Crippen LogP contribution is 2.33. The number of aromatic nitrogens is 2. The fraction of sp³-hybridized carbons (Fsp3) is 0.182. The molecule has 0 fully saturated rings. The van der Waals surface area contributed by atoms with Crippen molar-refractivity contribution in [1.29, 1.82) is 0 Å². The third kappa shape index (κ3) is 3.17. The minimum Gasteiger partial charge on any atom is -0.376 e. The van der Waals surface area contributed by atoms with Gasteiger partial charge in [-0.3, -0.25) is 0 Å². The van der Waals surface area contributed by atoms with Crippen molar-refractivity contribution in [1.82, 2.24) is 9.19 Å². The van der Waals surface area contributed by atoms with Crippen molar-refractivity contribution in [2.24, 2.45) is 0 Å². The van der Waals surface area contributed by atoms with Crippen LogP contribution in [0.3, 0.4) is 0 Å². The summed E-state index contributed by atoms with van der Waals surface area (Å²) in [5, 5.41) is 2.71. The molecule has 7 nitrogen and oxygen atoms in total. The number of alkyl halides is 6. The minimum atomic E-state index is -6.14. The first-order chi connectivity index (χ1) is 11.6. The molecule has 1 aromatic heterocycles.